The van der Waals surface area contributed by atoms with E-state index in [1.165, 1.54) is 23.8 Å². The highest BCUT2D eigenvalue weighted by Crippen LogP contribution is 2.10. The van der Waals surface area contributed by atoms with E-state index in [0.29, 0.717) is 5.76 Å². The first-order chi connectivity index (χ1) is 11.1. The minimum absolute atomic E-state index is 0.0545. The third-order valence-corrected chi connectivity index (χ3v) is 3.97. The Kier molecular flexibility index (Phi) is 6.10. The summed E-state index contributed by atoms with van der Waals surface area (Å²) >= 11 is 1.51. The molecule has 0 aliphatic carbocycles. The summed E-state index contributed by atoms with van der Waals surface area (Å²) in [7, 11) is 0. The third-order valence-electron chi connectivity index (χ3n) is 3.09. The number of furan rings is 1. The maximum Gasteiger partial charge on any atom is 0.262 e. The van der Waals surface area contributed by atoms with Gasteiger partial charge in [-0.3, -0.25) is 9.59 Å². The summed E-state index contributed by atoms with van der Waals surface area (Å²) in [5.41, 5.74) is 2.42. The predicted molar refractivity (Wildman–Crippen MR) is 89.2 cm³/mol. The number of hydrogen-bond donors (Lipinski definition) is 2. The smallest absolute Gasteiger partial charge is 0.262 e. The van der Waals surface area contributed by atoms with Crippen LogP contribution in [0, 0.1) is 5.92 Å². The van der Waals surface area contributed by atoms with E-state index in [9.17, 15) is 9.59 Å². The van der Waals surface area contributed by atoms with Crippen LogP contribution in [0.2, 0.25) is 0 Å². The number of hydrazone groups is 1. The SMILES string of the molecule is CC(C)C(NC(=O)Cc1cccs1)C(=O)N/N=C/c1ccco1. The van der Waals surface area contributed by atoms with E-state index in [-0.39, 0.29) is 24.2 Å². The fourth-order valence-corrected chi connectivity index (χ4v) is 2.63. The monoisotopic (exact) mass is 333 g/mol. The Morgan fingerprint density at radius 2 is 2.17 bits per heavy atom. The molecule has 2 rings (SSSR count). The number of nitrogens with zero attached hydrogens (tertiary/aromatic N) is 1. The van der Waals surface area contributed by atoms with Crippen molar-refractivity contribution >= 4 is 29.4 Å². The molecule has 23 heavy (non-hydrogen) atoms. The molecule has 2 heterocycles. The van der Waals surface area contributed by atoms with Gasteiger partial charge in [-0.2, -0.15) is 5.10 Å². The van der Waals surface area contributed by atoms with E-state index in [4.69, 9.17) is 4.42 Å². The van der Waals surface area contributed by atoms with Crippen LogP contribution in [-0.2, 0) is 16.0 Å². The van der Waals surface area contributed by atoms with Crippen LogP contribution in [0.4, 0.5) is 0 Å². The summed E-state index contributed by atoms with van der Waals surface area (Å²) in [6.45, 7) is 3.73. The van der Waals surface area contributed by atoms with Crippen LogP contribution in [-0.4, -0.2) is 24.1 Å². The van der Waals surface area contributed by atoms with Crippen molar-refractivity contribution in [2.24, 2.45) is 11.0 Å². The molecule has 0 saturated heterocycles. The Morgan fingerprint density at radius 1 is 1.35 bits per heavy atom. The average Bonchev–Trinajstić information content (AvgIpc) is 3.17. The van der Waals surface area contributed by atoms with Gasteiger partial charge < -0.3 is 9.73 Å². The van der Waals surface area contributed by atoms with Crippen molar-refractivity contribution in [1.82, 2.24) is 10.7 Å². The number of carbonyl (C=O) groups is 2. The second-order valence-corrected chi connectivity index (χ2v) is 6.33. The number of carbonyl (C=O) groups excluding carboxylic acids is 2. The summed E-state index contributed by atoms with van der Waals surface area (Å²) in [6.07, 6.45) is 3.19. The Balaban J connectivity index is 1.89. The molecule has 0 aliphatic rings. The zero-order chi connectivity index (χ0) is 16.7. The summed E-state index contributed by atoms with van der Waals surface area (Å²) < 4.78 is 5.08. The van der Waals surface area contributed by atoms with Gasteiger partial charge in [-0.15, -0.1) is 11.3 Å². The molecule has 2 aromatic heterocycles. The lowest BCUT2D eigenvalue weighted by Crippen LogP contribution is -2.49. The van der Waals surface area contributed by atoms with Crippen molar-refractivity contribution in [3.05, 3.63) is 46.5 Å². The molecule has 6 nitrogen and oxygen atoms in total. The van der Waals surface area contributed by atoms with E-state index in [2.05, 4.69) is 15.8 Å². The molecule has 0 fully saturated rings. The van der Waals surface area contributed by atoms with Crippen LogP contribution in [0.3, 0.4) is 0 Å². The standard InChI is InChI=1S/C16H19N3O3S/c1-11(2)15(18-14(20)9-13-6-4-8-23-13)16(21)19-17-10-12-5-3-7-22-12/h3-8,10-11,15H,9H2,1-2H3,(H,18,20)(H,19,21)/b17-10+. The lowest BCUT2D eigenvalue weighted by atomic mass is 10.0. The van der Waals surface area contributed by atoms with Gasteiger partial charge in [-0.1, -0.05) is 19.9 Å². The second kappa shape index (κ2) is 8.28. The van der Waals surface area contributed by atoms with Crippen molar-refractivity contribution in [1.29, 1.82) is 0 Å². The lowest BCUT2D eigenvalue weighted by Gasteiger charge is -2.20. The molecule has 7 heteroatoms. The highest BCUT2D eigenvalue weighted by molar-refractivity contribution is 7.10. The highest BCUT2D eigenvalue weighted by Gasteiger charge is 2.24. The van der Waals surface area contributed by atoms with Gasteiger partial charge in [0.05, 0.1) is 18.9 Å². The lowest BCUT2D eigenvalue weighted by molar-refractivity contribution is -0.129. The van der Waals surface area contributed by atoms with E-state index in [0.717, 1.165) is 4.88 Å². The van der Waals surface area contributed by atoms with Gasteiger partial charge in [0.15, 0.2) is 0 Å². The topological polar surface area (TPSA) is 83.7 Å². The van der Waals surface area contributed by atoms with Crippen LogP contribution in [0.5, 0.6) is 0 Å². The maximum absolute atomic E-state index is 12.2. The predicted octanol–water partition coefficient (Wildman–Crippen LogP) is 2.17. The quantitative estimate of drug-likeness (QED) is 0.602. The van der Waals surface area contributed by atoms with Crippen LogP contribution < -0.4 is 10.7 Å². The van der Waals surface area contributed by atoms with Gasteiger partial charge in [-0.25, -0.2) is 5.43 Å². The van der Waals surface area contributed by atoms with E-state index >= 15 is 0 Å². The zero-order valence-corrected chi connectivity index (χ0v) is 13.8. The molecule has 2 amide bonds. The summed E-state index contributed by atoms with van der Waals surface area (Å²) in [5, 5.41) is 8.50. The van der Waals surface area contributed by atoms with E-state index in [1.807, 2.05) is 31.4 Å². The van der Waals surface area contributed by atoms with Gasteiger partial charge in [0.2, 0.25) is 5.91 Å². The largest absolute Gasteiger partial charge is 0.463 e. The Bertz CT molecular complexity index is 648. The van der Waals surface area contributed by atoms with E-state index in [1.54, 1.807) is 12.1 Å². The summed E-state index contributed by atoms with van der Waals surface area (Å²) in [5.74, 6) is -0.0622. The fourth-order valence-electron chi connectivity index (χ4n) is 1.92. The molecule has 2 aromatic rings. The molecule has 0 saturated carbocycles. The zero-order valence-electron chi connectivity index (χ0n) is 13.0. The molecule has 0 bridgehead atoms. The van der Waals surface area contributed by atoms with Crippen molar-refractivity contribution in [2.45, 2.75) is 26.3 Å². The maximum atomic E-state index is 12.2. The second-order valence-electron chi connectivity index (χ2n) is 5.30. The Morgan fingerprint density at radius 3 is 2.78 bits per heavy atom. The molecule has 1 atom stereocenters. The van der Waals surface area contributed by atoms with Crippen LogP contribution in [0.15, 0.2) is 45.4 Å². The Labute approximate surface area is 138 Å². The Hall–Kier alpha value is -2.41. The van der Waals surface area contributed by atoms with Crippen molar-refractivity contribution in [2.75, 3.05) is 0 Å². The minimum atomic E-state index is -0.642. The van der Waals surface area contributed by atoms with Crippen LogP contribution in [0.1, 0.15) is 24.5 Å². The summed E-state index contributed by atoms with van der Waals surface area (Å²) in [4.78, 5) is 25.2. The van der Waals surface area contributed by atoms with Gasteiger partial charge in [0.25, 0.3) is 5.91 Å². The van der Waals surface area contributed by atoms with Gasteiger partial charge in [0.1, 0.15) is 11.8 Å². The molecule has 122 valence electrons. The fraction of sp³-hybridized carbons (Fsp3) is 0.312. The number of amides is 2. The number of nitrogens with one attached hydrogen (secondary N) is 2. The first kappa shape index (κ1) is 17.0. The van der Waals surface area contributed by atoms with E-state index < -0.39 is 6.04 Å². The van der Waals surface area contributed by atoms with Crippen molar-refractivity contribution in [3.8, 4) is 0 Å². The van der Waals surface area contributed by atoms with Crippen molar-refractivity contribution in [3.63, 3.8) is 0 Å². The minimum Gasteiger partial charge on any atom is -0.463 e. The first-order valence-corrected chi connectivity index (χ1v) is 8.12. The molecule has 0 spiro atoms. The van der Waals surface area contributed by atoms with Crippen LogP contribution >= 0.6 is 11.3 Å². The van der Waals surface area contributed by atoms with Crippen LogP contribution in [0.25, 0.3) is 0 Å². The molecular weight excluding hydrogens is 314 g/mol. The third kappa shape index (κ3) is 5.37. The van der Waals surface area contributed by atoms with Gasteiger partial charge >= 0.3 is 0 Å². The molecular formula is C16H19N3O3S. The van der Waals surface area contributed by atoms with Crippen molar-refractivity contribution < 1.29 is 14.0 Å². The summed E-state index contributed by atoms with van der Waals surface area (Å²) in [6, 6.07) is 6.59. The number of hydrogen-bond acceptors (Lipinski definition) is 5. The number of thiophene rings is 1. The molecule has 0 aromatic carbocycles. The number of rotatable bonds is 7. The van der Waals surface area contributed by atoms with Gasteiger partial charge in [-0.05, 0) is 29.5 Å². The molecule has 2 N–H and O–H groups in total. The molecule has 1 unspecified atom stereocenters. The molecule has 0 radical (unpaired) electrons. The first-order valence-electron chi connectivity index (χ1n) is 7.24. The van der Waals surface area contributed by atoms with Gasteiger partial charge in [0, 0.05) is 4.88 Å². The average molecular weight is 333 g/mol. The normalized spacial score (nSPS) is 12.5. The molecule has 0 aliphatic heterocycles. The highest BCUT2D eigenvalue weighted by atomic mass is 32.1.